The van der Waals surface area contributed by atoms with Crippen molar-refractivity contribution in [3.8, 4) is 11.9 Å². The average Bonchev–Trinajstić information content (AvgIpc) is 3.85. The van der Waals surface area contributed by atoms with Crippen molar-refractivity contribution in [3.63, 3.8) is 0 Å². The number of likely N-dealkylation sites (N-methyl/N-ethyl adjacent to an activating group) is 1. The first kappa shape index (κ1) is 27.7. The molecule has 11 nitrogen and oxygen atoms in total. The highest BCUT2D eigenvalue weighted by atomic mass is 19.3. The molecular weight excluding hydrogens is 526 g/mol. The zero-order valence-electron chi connectivity index (χ0n) is 22.4. The van der Waals surface area contributed by atoms with Crippen LogP contribution in [0, 0.1) is 23.2 Å². The van der Waals surface area contributed by atoms with Crippen LogP contribution in [0.2, 0.25) is 0 Å². The molecule has 1 aromatic heterocycles. The minimum atomic E-state index is -3.66. The van der Waals surface area contributed by atoms with Gasteiger partial charge in [-0.3, -0.25) is 19.2 Å². The third-order valence-electron chi connectivity index (χ3n) is 8.10. The minimum absolute atomic E-state index is 0.0865. The molecule has 4 atom stereocenters. The van der Waals surface area contributed by atoms with Crippen molar-refractivity contribution in [2.45, 2.75) is 81.5 Å². The molecule has 13 heteroatoms. The van der Waals surface area contributed by atoms with Gasteiger partial charge >= 0.3 is 5.92 Å². The van der Waals surface area contributed by atoms with Crippen molar-refractivity contribution in [3.05, 3.63) is 18.3 Å². The number of carbonyl (C=O) groups excluding carboxylic acids is 4. The van der Waals surface area contributed by atoms with Gasteiger partial charge in [-0.15, -0.1) is 0 Å². The number of nitrogens with one attached hydrogen (secondary N) is 2. The van der Waals surface area contributed by atoms with E-state index in [1.165, 1.54) is 23.0 Å². The molecule has 0 aromatic carbocycles. The van der Waals surface area contributed by atoms with Gasteiger partial charge in [0.2, 0.25) is 23.3 Å². The van der Waals surface area contributed by atoms with Crippen LogP contribution in [0.25, 0.3) is 0 Å². The summed E-state index contributed by atoms with van der Waals surface area (Å²) in [6, 6.07) is 2.12. The third kappa shape index (κ3) is 5.57. The van der Waals surface area contributed by atoms with E-state index in [0.29, 0.717) is 19.0 Å². The first-order valence-corrected chi connectivity index (χ1v) is 13.5. The minimum Gasteiger partial charge on any atom is -0.457 e. The molecule has 1 spiro atoms. The summed E-state index contributed by atoms with van der Waals surface area (Å²) >= 11 is 0. The maximum absolute atomic E-state index is 14.0. The van der Waals surface area contributed by atoms with Gasteiger partial charge in [0.05, 0.1) is 12.6 Å². The Labute approximate surface area is 230 Å². The molecule has 3 heterocycles. The van der Waals surface area contributed by atoms with Crippen LogP contribution in [-0.4, -0.2) is 81.7 Å². The lowest BCUT2D eigenvalue weighted by Gasteiger charge is -2.35. The molecule has 2 saturated carbocycles. The molecule has 214 valence electrons. The van der Waals surface area contributed by atoms with E-state index in [4.69, 9.17) is 4.74 Å². The first-order valence-electron chi connectivity index (χ1n) is 13.5. The molecule has 4 aliphatic rings. The fraction of sp³-hybridized carbons (Fsp3) is 0.630. The van der Waals surface area contributed by atoms with Gasteiger partial charge < -0.3 is 25.2 Å². The average molecular weight is 559 g/mol. The molecule has 2 N–H and O–H groups in total. The smallest absolute Gasteiger partial charge is 0.321 e. The van der Waals surface area contributed by atoms with E-state index in [1.807, 2.05) is 0 Å². The summed E-state index contributed by atoms with van der Waals surface area (Å²) < 4.78 is 33.3. The number of nitriles is 1. The van der Waals surface area contributed by atoms with Gasteiger partial charge in [-0.1, -0.05) is 25.7 Å². The summed E-state index contributed by atoms with van der Waals surface area (Å²) in [4.78, 5) is 59.4. The van der Waals surface area contributed by atoms with Crippen molar-refractivity contribution in [2.24, 2.45) is 11.8 Å². The van der Waals surface area contributed by atoms with Gasteiger partial charge in [0.25, 0.3) is 11.8 Å². The van der Waals surface area contributed by atoms with E-state index in [1.54, 1.807) is 12.1 Å². The van der Waals surface area contributed by atoms with E-state index in [0.717, 1.165) is 25.7 Å². The topological polar surface area (TPSA) is 145 Å². The van der Waals surface area contributed by atoms with Crippen LogP contribution in [0.1, 0.15) is 51.9 Å². The molecule has 4 amide bonds. The number of fused-ring (bicyclic) bond motifs is 1. The van der Waals surface area contributed by atoms with Crippen molar-refractivity contribution >= 4 is 29.3 Å². The second-order valence-electron chi connectivity index (χ2n) is 11.5. The van der Waals surface area contributed by atoms with Gasteiger partial charge in [0, 0.05) is 26.6 Å². The van der Waals surface area contributed by atoms with Crippen LogP contribution in [0.4, 0.5) is 14.5 Å². The largest absolute Gasteiger partial charge is 0.457 e. The van der Waals surface area contributed by atoms with Gasteiger partial charge in [0.1, 0.15) is 23.8 Å². The molecule has 0 bridgehead atoms. The molecule has 0 radical (unpaired) electrons. The number of rotatable bonds is 9. The number of pyridine rings is 1. The summed E-state index contributed by atoms with van der Waals surface area (Å²) in [6.45, 7) is 0.242. The number of anilines is 1. The van der Waals surface area contributed by atoms with Crippen molar-refractivity contribution < 1.29 is 32.7 Å². The van der Waals surface area contributed by atoms with E-state index in [-0.39, 0.29) is 37.1 Å². The fourth-order valence-corrected chi connectivity index (χ4v) is 5.37. The number of alkyl halides is 2. The highest BCUT2D eigenvalue weighted by molar-refractivity contribution is 6.02. The maximum Gasteiger partial charge on any atom is 0.321 e. The molecular formula is C27H32F2N6O5. The summed E-state index contributed by atoms with van der Waals surface area (Å²) in [5.41, 5.74) is -1.14. The zero-order chi connectivity index (χ0) is 28.8. The number of ether oxygens (including phenoxy) is 1. The van der Waals surface area contributed by atoms with Crippen LogP contribution < -0.4 is 15.4 Å². The first-order chi connectivity index (χ1) is 18.9. The summed E-state index contributed by atoms with van der Waals surface area (Å²) in [5, 5.41) is 14.9. The molecule has 2 aliphatic heterocycles. The van der Waals surface area contributed by atoms with Crippen LogP contribution in [0.3, 0.4) is 0 Å². The Balaban J connectivity index is 1.37. The molecule has 2 aliphatic carbocycles. The summed E-state index contributed by atoms with van der Waals surface area (Å²) in [7, 11) is 1.42. The lowest BCUT2D eigenvalue weighted by molar-refractivity contribution is -0.150. The van der Waals surface area contributed by atoms with E-state index in [2.05, 4.69) is 21.7 Å². The highest BCUT2D eigenvalue weighted by Gasteiger charge is 2.57. The van der Waals surface area contributed by atoms with Gasteiger partial charge in [-0.25, -0.2) is 4.98 Å². The van der Waals surface area contributed by atoms with Gasteiger partial charge in [-0.05, 0) is 36.8 Å². The fourth-order valence-electron chi connectivity index (χ4n) is 5.37. The van der Waals surface area contributed by atoms with Crippen LogP contribution in [0.5, 0.6) is 5.88 Å². The van der Waals surface area contributed by atoms with Crippen molar-refractivity contribution in [1.29, 1.82) is 5.26 Å². The Morgan fingerprint density at radius 3 is 2.60 bits per heavy atom. The normalized spacial score (nSPS) is 25.2. The highest BCUT2D eigenvalue weighted by Crippen LogP contribution is 2.41. The maximum atomic E-state index is 14.0. The van der Waals surface area contributed by atoms with E-state index in [9.17, 15) is 33.2 Å². The zero-order valence-corrected chi connectivity index (χ0v) is 22.4. The number of hydrogen-bond acceptors (Lipinski definition) is 7. The van der Waals surface area contributed by atoms with Crippen molar-refractivity contribution in [1.82, 2.24) is 20.1 Å². The number of carbonyl (C=O) groups is 4. The molecule has 40 heavy (non-hydrogen) atoms. The third-order valence-corrected chi connectivity index (χ3v) is 8.10. The second kappa shape index (κ2) is 10.3. The number of aromatic nitrogens is 1. The molecule has 3 fully saturated rings. The predicted octanol–water partition coefficient (Wildman–Crippen LogP) is 1.84. The van der Waals surface area contributed by atoms with Crippen LogP contribution >= 0.6 is 0 Å². The monoisotopic (exact) mass is 558 g/mol. The number of hydrogen-bond donors (Lipinski definition) is 2. The number of likely N-dealkylation sites (tertiary alicyclic amines) is 1. The summed E-state index contributed by atoms with van der Waals surface area (Å²) in [5.74, 6) is -6.40. The summed E-state index contributed by atoms with van der Waals surface area (Å²) in [6.07, 6.45) is 5.33. The SMILES string of the molecule is CN(C(=O)C(CC1CC1)NC(=O)C(C)(F)F)C(CC1CC1)C(=O)N1CC2(CC1C#N)Oc1ncccc1NC2=O. The lowest BCUT2D eigenvalue weighted by atomic mass is 9.97. The standard InChI is InChI=1S/C27H32F2N6O5/c1-26(28,29)24(38)33-19(10-15-5-6-15)22(36)34(2)20(11-16-7-8-16)23(37)35-14-27(12-17(35)13-30)25(39)32-18-4-3-9-31-21(18)40-27/h3-4,9,15-17,19-20H,5-8,10-12,14H2,1-2H3,(H,32,39)(H,33,38). The molecule has 4 unspecified atom stereocenters. The van der Waals surface area contributed by atoms with E-state index < -0.39 is 53.3 Å². The van der Waals surface area contributed by atoms with Crippen LogP contribution in [0.15, 0.2) is 18.3 Å². The molecule has 5 rings (SSSR count). The Kier molecular flexibility index (Phi) is 7.14. The number of amides is 4. The van der Waals surface area contributed by atoms with Crippen LogP contribution in [-0.2, 0) is 19.2 Å². The lowest BCUT2D eigenvalue weighted by Crippen LogP contribution is -2.58. The second-order valence-corrected chi connectivity index (χ2v) is 11.5. The quantitative estimate of drug-likeness (QED) is 0.471. The molecule has 1 aromatic rings. The van der Waals surface area contributed by atoms with E-state index >= 15 is 0 Å². The molecule has 1 saturated heterocycles. The Hall–Kier alpha value is -3.82. The number of nitrogens with zero attached hydrogens (tertiary/aromatic N) is 4. The van der Waals surface area contributed by atoms with Gasteiger partial charge in [0.15, 0.2) is 0 Å². The van der Waals surface area contributed by atoms with Gasteiger partial charge in [-0.2, -0.15) is 14.0 Å². The Bertz CT molecular complexity index is 1260. The van der Waals surface area contributed by atoms with Crippen molar-refractivity contribution in [2.75, 3.05) is 18.9 Å². The Morgan fingerprint density at radius 1 is 1.30 bits per heavy atom. The number of halogens is 2. The predicted molar refractivity (Wildman–Crippen MR) is 136 cm³/mol. The Morgan fingerprint density at radius 2 is 1.98 bits per heavy atom.